The molecule has 0 bridgehead atoms. The van der Waals surface area contributed by atoms with Crippen molar-refractivity contribution in [3.05, 3.63) is 23.8 Å². The number of methoxy groups -OCH3 is 2. The highest BCUT2D eigenvalue weighted by atomic mass is 16.5. The molecular formula is C20H29NO4. The first-order valence-electron chi connectivity index (χ1n) is 9.35. The molecule has 1 aromatic rings. The zero-order valence-electron chi connectivity index (χ0n) is 15.5. The van der Waals surface area contributed by atoms with Crippen LogP contribution in [0.4, 0.5) is 0 Å². The summed E-state index contributed by atoms with van der Waals surface area (Å²) in [6, 6.07) is 6.35. The minimum absolute atomic E-state index is 0.0466. The van der Waals surface area contributed by atoms with Crippen LogP contribution in [0.25, 0.3) is 0 Å². The molecule has 0 radical (unpaired) electrons. The maximum atomic E-state index is 13.2. The number of ether oxygens (including phenoxy) is 3. The number of hydrogen-bond acceptors (Lipinski definition) is 4. The Labute approximate surface area is 150 Å². The molecule has 1 amide bonds. The van der Waals surface area contributed by atoms with Crippen molar-refractivity contribution in [3.8, 4) is 11.5 Å². The second kappa shape index (κ2) is 8.09. The molecule has 25 heavy (non-hydrogen) atoms. The predicted octanol–water partition coefficient (Wildman–Crippen LogP) is 3.72. The van der Waals surface area contributed by atoms with Gasteiger partial charge in [0.25, 0.3) is 5.91 Å². The Morgan fingerprint density at radius 3 is 2.52 bits per heavy atom. The normalized spacial score (nSPS) is 21.5. The number of carbonyl (C=O) groups excluding carboxylic acids is 1. The maximum Gasteiger partial charge on any atom is 0.252 e. The first kappa shape index (κ1) is 18.1. The van der Waals surface area contributed by atoms with Gasteiger partial charge in [0, 0.05) is 12.6 Å². The summed E-state index contributed by atoms with van der Waals surface area (Å²) in [5, 5.41) is 0. The SMILES string of the molecule is CC[C@@H](c1ccc(OC)c(OC)c1)N(C(=O)[C@H]1CCCCO1)C1CC1. The molecule has 2 atom stereocenters. The van der Waals surface area contributed by atoms with E-state index in [1.54, 1.807) is 14.2 Å². The molecule has 1 saturated heterocycles. The fourth-order valence-electron chi connectivity index (χ4n) is 3.70. The summed E-state index contributed by atoms with van der Waals surface area (Å²) in [5.74, 6) is 1.57. The first-order chi connectivity index (χ1) is 12.2. The zero-order chi connectivity index (χ0) is 17.8. The Morgan fingerprint density at radius 2 is 1.96 bits per heavy atom. The molecule has 1 aromatic carbocycles. The monoisotopic (exact) mass is 347 g/mol. The number of rotatable bonds is 7. The summed E-state index contributed by atoms with van der Waals surface area (Å²) in [4.78, 5) is 15.3. The molecule has 3 rings (SSSR count). The molecule has 0 spiro atoms. The lowest BCUT2D eigenvalue weighted by Gasteiger charge is -2.35. The average Bonchev–Trinajstić information content (AvgIpc) is 3.50. The number of benzene rings is 1. The number of amides is 1. The Bertz CT molecular complexity index is 593. The van der Waals surface area contributed by atoms with E-state index in [1.807, 2.05) is 18.2 Å². The molecule has 2 fully saturated rings. The van der Waals surface area contributed by atoms with Crippen LogP contribution in [0.5, 0.6) is 11.5 Å². The lowest BCUT2D eigenvalue weighted by atomic mass is 9.99. The number of hydrogen-bond donors (Lipinski definition) is 0. The Hall–Kier alpha value is -1.75. The summed E-state index contributed by atoms with van der Waals surface area (Å²) in [5.41, 5.74) is 1.09. The molecule has 1 aliphatic heterocycles. The number of carbonyl (C=O) groups is 1. The fourth-order valence-corrected chi connectivity index (χ4v) is 3.70. The standard InChI is InChI=1S/C20H29NO4/c1-4-16(14-8-11-17(23-2)19(13-14)24-3)21(15-9-10-15)20(22)18-7-5-6-12-25-18/h8,11,13,15-16,18H,4-7,9-10,12H2,1-3H3/t16-,18+/m0/s1. The summed E-state index contributed by atoms with van der Waals surface area (Å²) in [7, 11) is 3.28. The van der Waals surface area contributed by atoms with Crippen LogP contribution in [0.3, 0.4) is 0 Å². The summed E-state index contributed by atoms with van der Waals surface area (Å²) < 4.78 is 16.6. The van der Waals surface area contributed by atoms with Gasteiger partial charge in [-0.05, 0) is 56.2 Å². The molecule has 2 aliphatic rings. The summed E-state index contributed by atoms with van der Waals surface area (Å²) in [6.45, 7) is 2.83. The van der Waals surface area contributed by atoms with Gasteiger partial charge in [0.2, 0.25) is 0 Å². The molecule has 0 unspecified atom stereocenters. The Morgan fingerprint density at radius 1 is 1.20 bits per heavy atom. The van der Waals surface area contributed by atoms with Crippen molar-refractivity contribution >= 4 is 5.91 Å². The van der Waals surface area contributed by atoms with Gasteiger partial charge in [0.05, 0.1) is 20.3 Å². The molecule has 1 saturated carbocycles. The van der Waals surface area contributed by atoms with E-state index in [-0.39, 0.29) is 18.1 Å². The minimum Gasteiger partial charge on any atom is -0.493 e. The van der Waals surface area contributed by atoms with Crippen LogP contribution in [0.15, 0.2) is 18.2 Å². The van der Waals surface area contributed by atoms with Crippen molar-refractivity contribution in [1.82, 2.24) is 4.90 Å². The van der Waals surface area contributed by atoms with Gasteiger partial charge in [0.15, 0.2) is 11.5 Å². The lowest BCUT2D eigenvalue weighted by molar-refractivity contribution is -0.150. The lowest BCUT2D eigenvalue weighted by Crippen LogP contribution is -2.45. The molecule has 0 aromatic heterocycles. The van der Waals surface area contributed by atoms with Gasteiger partial charge in [-0.15, -0.1) is 0 Å². The third kappa shape index (κ3) is 3.92. The second-order valence-electron chi connectivity index (χ2n) is 6.87. The smallest absolute Gasteiger partial charge is 0.252 e. The highest BCUT2D eigenvalue weighted by Gasteiger charge is 2.40. The van der Waals surface area contributed by atoms with Gasteiger partial charge < -0.3 is 19.1 Å². The van der Waals surface area contributed by atoms with Crippen LogP contribution in [-0.2, 0) is 9.53 Å². The minimum atomic E-state index is -0.274. The van der Waals surface area contributed by atoms with Crippen LogP contribution in [0.1, 0.15) is 57.1 Å². The van der Waals surface area contributed by atoms with E-state index in [9.17, 15) is 4.79 Å². The molecule has 5 heteroatoms. The van der Waals surface area contributed by atoms with Crippen molar-refractivity contribution in [1.29, 1.82) is 0 Å². The van der Waals surface area contributed by atoms with Gasteiger partial charge >= 0.3 is 0 Å². The maximum absolute atomic E-state index is 13.2. The predicted molar refractivity (Wildman–Crippen MR) is 96.0 cm³/mol. The van der Waals surface area contributed by atoms with Gasteiger partial charge in [0.1, 0.15) is 6.10 Å². The average molecular weight is 347 g/mol. The quantitative estimate of drug-likeness (QED) is 0.754. The molecule has 1 aliphatic carbocycles. The van der Waals surface area contributed by atoms with Crippen molar-refractivity contribution in [3.63, 3.8) is 0 Å². The van der Waals surface area contributed by atoms with Crippen LogP contribution in [-0.4, -0.2) is 43.8 Å². The van der Waals surface area contributed by atoms with Gasteiger partial charge in [-0.2, -0.15) is 0 Å². The van der Waals surface area contributed by atoms with Crippen LogP contribution in [0, 0.1) is 0 Å². The van der Waals surface area contributed by atoms with Crippen molar-refractivity contribution in [2.75, 3.05) is 20.8 Å². The molecule has 0 N–H and O–H groups in total. The van der Waals surface area contributed by atoms with E-state index < -0.39 is 0 Å². The van der Waals surface area contributed by atoms with Gasteiger partial charge in [-0.25, -0.2) is 0 Å². The summed E-state index contributed by atoms with van der Waals surface area (Å²) >= 11 is 0. The topological polar surface area (TPSA) is 48.0 Å². The third-order valence-corrected chi connectivity index (χ3v) is 5.16. The first-order valence-corrected chi connectivity index (χ1v) is 9.35. The largest absolute Gasteiger partial charge is 0.493 e. The molecule has 5 nitrogen and oxygen atoms in total. The van der Waals surface area contributed by atoms with E-state index >= 15 is 0 Å². The Kier molecular flexibility index (Phi) is 5.84. The van der Waals surface area contributed by atoms with Gasteiger partial charge in [-0.1, -0.05) is 13.0 Å². The van der Waals surface area contributed by atoms with E-state index in [0.717, 1.165) is 44.1 Å². The molecule has 1 heterocycles. The van der Waals surface area contributed by atoms with E-state index in [1.165, 1.54) is 0 Å². The highest BCUT2D eigenvalue weighted by molar-refractivity contribution is 5.82. The molecular weight excluding hydrogens is 318 g/mol. The van der Waals surface area contributed by atoms with E-state index in [0.29, 0.717) is 24.1 Å². The van der Waals surface area contributed by atoms with Gasteiger partial charge in [-0.3, -0.25) is 4.79 Å². The van der Waals surface area contributed by atoms with Crippen molar-refractivity contribution < 1.29 is 19.0 Å². The van der Waals surface area contributed by atoms with E-state index in [2.05, 4.69) is 11.8 Å². The zero-order valence-corrected chi connectivity index (χ0v) is 15.5. The van der Waals surface area contributed by atoms with Crippen molar-refractivity contribution in [2.24, 2.45) is 0 Å². The molecule has 138 valence electrons. The van der Waals surface area contributed by atoms with Crippen LogP contribution >= 0.6 is 0 Å². The summed E-state index contributed by atoms with van der Waals surface area (Å²) in [6.07, 6.45) is 5.73. The highest BCUT2D eigenvalue weighted by Crippen LogP contribution is 2.40. The second-order valence-corrected chi connectivity index (χ2v) is 6.87. The third-order valence-electron chi connectivity index (χ3n) is 5.16. The van der Waals surface area contributed by atoms with Crippen LogP contribution < -0.4 is 9.47 Å². The number of nitrogens with zero attached hydrogens (tertiary/aromatic N) is 1. The van der Waals surface area contributed by atoms with Crippen molar-refractivity contribution in [2.45, 2.75) is 63.6 Å². The fraction of sp³-hybridized carbons (Fsp3) is 0.650. The van der Waals surface area contributed by atoms with E-state index in [4.69, 9.17) is 14.2 Å². The van der Waals surface area contributed by atoms with Crippen LogP contribution in [0.2, 0.25) is 0 Å². The Balaban J connectivity index is 1.86.